The van der Waals surface area contributed by atoms with E-state index < -0.39 is 5.97 Å². The fraction of sp³-hybridized carbons (Fsp3) is 0.375. The van der Waals surface area contributed by atoms with Crippen LogP contribution in [0.2, 0.25) is 0 Å². The third kappa shape index (κ3) is 3.24. The van der Waals surface area contributed by atoms with Crippen molar-refractivity contribution in [1.29, 1.82) is 0 Å². The number of carboxylic acid groups (broad SMARTS) is 1. The van der Waals surface area contributed by atoms with Gasteiger partial charge >= 0.3 is 5.97 Å². The summed E-state index contributed by atoms with van der Waals surface area (Å²) in [5.41, 5.74) is 2.66. The highest BCUT2D eigenvalue weighted by Gasteiger charge is 2.22. The first kappa shape index (κ1) is 15.1. The summed E-state index contributed by atoms with van der Waals surface area (Å²) in [6, 6.07) is 9.69. The number of hydrogen-bond donors (Lipinski definition) is 1. The van der Waals surface area contributed by atoms with E-state index >= 15 is 0 Å². The van der Waals surface area contributed by atoms with Gasteiger partial charge in [-0.3, -0.25) is 4.79 Å². The molecule has 2 aromatic rings. The van der Waals surface area contributed by atoms with Gasteiger partial charge in [-0.05, 0) is 24.5 Å². The number of aliphatic carboxylic acids is 1. The number of benzene rings is 1. The number of nitrogens with zero attached hydrogens (tertiary/aromatic N) is 2. The molecule has 0 aliphatic rings. The van der Waals surface area contributed by atoms with E-state index in [-0.39, 0.29) is 12.3 Å². The predicted molar refractivity (Wildman–Crippen MR) is 80.2 cm³/mol. The fourth-order valence-corrected chi connectivity index (χ4v) is 2.34. The minimum atomic E-state index is -0.820. The topological polar surface area (TPSA) is 64.3 Å². The van der Waals surface area contributed by atoms with Crippen LogP contribution in [0.15, 0.2) is 30.3 Å². The molecule has 0 unspecified atom stereocenters. The van der Waals surface area contributed by atoms with Gasteiger partial charge in [0, 0.05) is 12.0 Å². The Kier molecular flexibility index (Phi) is 4.62. The highest BCUT2D eigenvalue weighted by molar-refractivity contribution is 5.67. The Morgan fingerprint density at radius 3 is 2.52 bits per heavy atom. The highest BCUT2D eigenvalue weighted by atomic mass is 16.5. The fourth-order valence-electron chi connectivity index (χ4n) is 2.34. The molecular weight excluding hydrogens is 268 g/mol. The number of ether oxygens (including phenoxy) is 1. The van der Waals surface area contributed by atoms with Crippen LogP contribution < -0.4 is 4.74 Å². The van der Waals surface area contributed by atoms with Crippen LogP contribution in [0.4, 0.5) is 0 Å². The number of rotatable bonds is 6. The van der Waals surface area contributed by atoms with E-state index in [9.17, 15) is 4.79 Å². The van der Waals surface area contributed by atoms with Crippen molar-refractivity contribution in [2.24, 2.45) is 0 Å². The Labute approximate surface area is 124 Å². The first-order chi connectivity index (χ1) is 10.0. The molecule has 0 spiro atoms. The molecule has 0 aliphatic carbocycles. The molecule has 5 heteroatoms. The van der Waals surface area contributed by atoms with Gasteiger partial charge in [0.25, 0.3) is 0 Å². The molecule has 112 valence electrons. The Morgan fingerprint density at radius 1 is 1.33 bits per heavy atom. The molecule has 0 saturated heterocycles. The maximum absolute atomic E-state index is 10.9. The van der Waals surface area contributed by atoms with Gasteiger partial charge in [-0.2, -0.15) is 5.10 Å². The smallest absolute Gasteiger partial charge is 0.303 e. The zero-order valence-corrected chi connectivity index (χ0v) is 12.5. The molecule has 0 atom stereocenters. The van der Waals surface area contributed by atoms with Gasteiger partial charge < -0.3 is 9.84 Å². The zero-order valence-electron chi connectivity index (χ0n) is 12.5. The number of hydrogen-bond acceptors (Lipinski definition) is 3. The van der Waals surface area contributed by atoms with E-state index in [1.54, 1.807) is 11.8 Å². The summed E-state index contributed by atoms with van der Waals surface area (Å²) >= 11 is 0. The first-order valence-electron chi connectivity index (χ1n) is 6.97. The number of carbonyl (C=O) groups is 1. The summed E-state index contributed by atoms with van der Waals surface area (Å²) in [7, 11) is 1.59. The van der Waals surface area contributed by atoms with Gasteiger partial charge in [-0.25, -0.2) is 4.68 Å². The maximum Gasteiger partial charge on any atom is 0.303 e. The number of methoxy groups -OCH3 is 1. The molecule has 5 nitrogen and oxygen atoms in total. The number of carboxylic acids is 1. The van der Waals surface area contributed by atoms with Crippen LogP contribution >= 0.6 is 0 Å². The molecule has 0 aliphatic heterocycles. The zero-order chi connectivity index (χ0) is 15.4. The molecule has 1 N–H and O–H groups in total. The molecule has 1 heterocycles. The summed E-state index contributed by atoms with van der Waals surface area (Å²) in [5.74, 6) is -0.00183. The van der Waals surface area contributed by atoms with Crippen molar-refractivity contribution in [2.75, 3.05) is 7.11 Å². The lowest BCUT2D eigenvalue weighted by Crippen LogP contribution is -2.02. The van der Waals surface area contributed by atoms with Gasteiger partial charge in [-0.15, -0.1) is 0 Å². The highest BCUT2D eigenvalue weighted by Crippen LogP contribution is 2.31. The molecule has 0 radical (unpaired) electrons. The van der Waals surface area contributed by atoms with Gasteiger partial charge in [0.2, 0.25) is 5.88 Å². The van der Waals surface area contributed by atoms with Crippen LogP contribution in [-0.4, -0.2) is 28.0 Å². The summed E-state index contributed by atoms with van der Waals surface area (Å²) < 4.78 is 7.24. The Balaban J connectivity index is 2.51. The lowest BCUT2D eigenvalue weighted by molar-refractivity contribution is -0.136. The Hall–Kier alpha value is -2.30. The van der Waals surface area contributed by atoms with Gasteiger partial charge in [0.1, 0.15) is 0 Å². The molecule has 2 rings (SSSR count). The third-order valence-corrected chi connectivity index (χ3v) is 3.30. The predicted octanol–water partition coefficient (Wildman–Crippen LogP) is 3.02. The summed E-state index contributed by atoms with van der Waals surface area (Å²) in [5, 5.41) is 13.6. The second-order valence-electron chi connectivity index (χ2n) is 5.17. The van der Waals surface area contributed by atoms with Gasteiger partial charge in [0.15, 0.2) is 0 Å². The molecule has 0 bridgehead atoms. The normalized spacial score (nSPS) is 10.9. The lowest BCUT2D eigenvalue weighted by Gasteiger charge is -2.08. The molecular formula is C16H20N2O3. The van der Waals surface area contributed by atoms with Crippen molar-refractivity contribution in [3.63, 3.8) is 0 Å². The van der Waals surface area contributed by atoms with E-state index in [1.807, 2.05) is 44.2 Å². The van der Waals surface area contributed by atoms with E-state index in [2.05, 4.69) is 5.10 Å². The van der Waals surface area contributed by atoms with Crippen molar-refractivity contribution in [3.05, 3.63) is 41.6 Å². The average molecular weight is 288 g/mol. The second-order valence-corrected chi connectivity index (χ2v) is 5.17. The summed E-state index contributed by atoms with van der Waals surface area (Å²) in [6.07, 6.45) is 0.482. The van der Waals surface area contributed by atoms with Crippen LogP contribution in [0.25, 0.3) is 5.69 Å². The lowest BCUT2D eigenvalue weighted by atomic mass is 10.0. The van der Waals surface area contributed by atoms with Crippen molar-refractivity contribution in [2.45, 2.75) is 32.6 Å². The second kappa shape index (κ2) is 6.43. The van der Waals surface area contributed by atoms with E-state index in [0.29, 0.717) is 12.3 Å². The maximum atomic E-state index is 10.9. The van der Waals surface area contributed by atoms with Crippen molar-refractivity contribution >= 4 is 5.97 Å². The Morgan fingerprint density at radius 2 is 2.00 bits per heavy atom. The van der Waals surface area contributed by atoms with Crippen molar-refractivity contribution < 1.29 is 14.6 Å². The van der Waals surface area contributed by atoms with Crippen LogP contribution in [-0.2, 0) is 11.2 Å². The van der Waals surface area contributed by atoms with Crippen LogP contribution in [0.3, 0.4) is 0 Å². The Bertz CT molecular complexity index is 618. The quantitative estimate of drug-likeness (QED) is 0.887. The van der Waals surface area contributed by atoms with Gasteiger partial charge in [0.05, 0.1) is 18.5 Å². The van der Waals surface area contributed by atoms with E-state index in [4.69, 9.17) is 9.84 Å². The number of aromatic nitrogens is 2. The van der Waals surface area contributed by atoms with E-state index in [0.717, 1.165) is 16.9 Å². The average Bonchev–Trinajstić information content (AvgIpc) is 2.84. The van der Waals surface area contributed by atoms with Crippen LogP contribution in [0.5, 0.6) is 5.88 Å². The molecule has 0 saturated carbocycles. The molecule has 0 fully saturated rings. The summed E-state index contributed by atoms with van der Waals surface area (Å²) in [4.78, 5) is 10.9. The SMILES string of the molecule is COc1c(CCC(=O)O)c(C(C)C)nn1-c1ccccc1. The third-order valence-electron chi connectivity index (χ3n) is 3.30. The monoisotopic (exact) mass is 288 g/mol. The largest absolute Gasteiger partial charge is 0.481 e. The van der Waals surface area contributed by atoms with E-state index in [1.165, 1.54) is 0 Å². The molecule has 1 aromatic carbocycles. The minimum Gasteiger partial charge on any atom is -0.481 e. The summed E-state index contributed by atoms with van der Waals surface area (Å²) in [6.45, 7) is 4.09. The van der Waals surface area contributed by atoms with Crippen molar-refractivity contribution in [1.82, 2.24) is 9.78 Å². The first-order valence-corrected chi connectivity index (χ1v) is 6.97. The minimum absolute atomic E-state index is 0.0660. The molecule has 21 heavy (non-hydrogen) atoms. The number of para-hydroxylation sites is 1. The van der Waals surface area contributed by atoms with Gasteiger partial charge in [-0.1, -0.05) is 32.0 Å². The van der Waals surface area contributed by atoms with Crippen LogP contribution in [0.1, 0.15) is 37.4 Å². The van der Waals surface area contributed by atoms with Crippen LogP contribution in [0, 0.1) is 0 Å². The molecule has 0 amide bonds. The standard InChI is InChI=1S/C16H20N2O3/c1-11(2)15-13(9-10-14(19)20)16(21-3)18(17-15)12-7-5-4-6-8-12/h4-8,11H,9-10H2,1-3H3,(H,19,20). The molecule has 1 aromatic heterocycles. The van der Waals surface area contributed by atoms with Crippen molar-refractivity contribution in [3.8, 4) is 11.6 Å².